The van der Waals surface area contributed by atoms with E-state index in [1.165, 1.54) is 6.33 Å². The van der Waals surface area contributed by atoms with Gasteiger partial charge in [-0.1, -0.05) is 0 Å². The van der Waals surface area contributed by atoms with E-state index in [2.05, 4.69) is 25.9 Å². The molecule has 0 atom stereocenters. The number of benzene rings is 1. The fourth-order valence-electron chi connectivity index (χ4n) is 1.14. The molecule has 0 aliphatic rings. The lowest BCUT2D eigenvalue weighted by Crippen LogP contribution is -1.86. The molecule has 2 rings (SSSR count). The van der Waals surface area contributed by atoms with Crippen molar-refractivity contribution in [1.29, 1.82) is 0 Å². The Hall–Kier alpha value is -1.16. The maximum Gasteiger partial charge on any atom is 0.122 e. The number of ether oxygens (including phenoxy) is 1. The molecule has 13 heavy (non-hydrogen) atoms. The molecule has 0 spiro atoms. The summed E-state index contributed by atoms with van der Waals surface area (Å²) in [6.07, 6.45) is 3.29. The average Bonchev–Trinajstić information content (AvgIpc) is 2.18. The summed E-state index contributed by atoms with van der Waals surface area (Å²) >= 11 is 3.43. The zero-order valence-corrected chi connectivity index (χ0v) is 8.58. The second kappa shape index (κ2) is 3.30. The van der Waals surface area contributed by atoms with Crippen LogP contribution in [0.3, 0.4) is 0 Å². The van der Waals surface area contributed by atoms with Crippen molar-refractivity contribution in [3.05, 3.63) is 29.1 Å². The Morgan fingerprint density at radius 1 is 1.38 bits per heavy atom. The van der Waals surface area contributed by atoms with Gasteiger partial charge in [-0.2, -0.15) is 0 Å². The van der Waals surface area contributed by atoms with Crippen LogP contribution in [0.5, 0.6) is 5.75 Å². The highest BCUT2D eigenvalue weighted by Gasteiger charge is 2.02. The Morgan fingerprint density at radius 2 is 2.23 bits per heavy atom. The van der Waals surface area contributed by atoms with E-state index in [0.717, 1.165) is 21.1 Å². The number of halogens is 1. The first-order valence-corrected chi connectivity index (χ1v) is 4.54. The summed E-state index contributed by atoms with van der Waals surface area (Å²) in [6, 6.07) is 3.77. The quantitative estimate of drug-likeness (QED) is 0.766. The first-order chi connectivity index (χ1) is 6.31. The van der Waals surface area contributed by atoms with Crippen molar-refractivity contribution >= 4 is 26.8 Å². The van der Waals surface area contributed by atoms with Gasteiger partial charge in [0.2, 0.25) is 0 Å². The van der Waals surface area contributed by atoms with Crippen LogP contribution in [0.4, 0.5) is 0 Å². The predicted octanol–water partition coefficient (Wildman–Crippen LogP) is 2.40. The van der Waals surface area contributed by atoms with Crippen LogP contribution < -0.4 is 4.74 Å². The summed E-state index contributed by atoms with van der Waals surface area (Å²) in [5, 5.41) is 0.989. The molecule has 1 heterocycles. The summed E-state index contributed by atoms with van der Waals surface area (Å²) in [4.78, 5) is 8.08. The molecule has 0 radical (unpaired) electrons. The van der Waals surface area contributed by atoms with Crippen LogP contribution in [0.25, 0.3) is 10.9 Å². The van der Waals surface area contributed by atoms with E-state index in [0.29, 0.717) is 0 Å². The van der Waals surface area contributed by atoms with Crippen LogP contribution in [-0.2, 0) is 0 Å². The molecule has 4 heteroatoms. The van der Waals surface area contributed by atoms with Gasteiger partial charge in [-0.15, -0.1) is 0 Å². The molecule has 0 N–H and O–H groups in total. The number of rotatable bonds is 1. The summed E-state index contributed by atoms with van der Waals surface area (Å²) in [5.74, 6) is 0.790. The van der Waals surface area contributed by atoms with Gasteiger partial charge in [0.05, 0.1) is 12.6 Å². The highest BCUT2D eigenvalue weighted by atomic mass is 79.9. The molecule has 1 aromatic heterocycles. The van der Waals surface area contributed by atoms with E-state index < -0.39 is 0 Å². The molecule has 0 bridgehead atoms. The fraction of sp³-hybridized carbons (Fsp3) is 0.111. The van der Waals surface area contributed by atoms with Gasteiger partial charge in [0, 0.05) is 22.1 Å². The smallest absolute Gasteiger partial charge is 0.122 e. The van der Waals surface area contributed by atoms with Crippen LogP contribution in [0.2, 0.25) is 0 Å². The molecule has 0 aliphatic heterocycles. The van der Waals surface area contributed by atoms with Crippen LogP contribution in [0, 0.1) is 0 Å². The molecule has 0 amide bonds. The van der Waals surface area contributed by atoms with Gasteiger partial charge < -0.3 is 4.74 Å². The van der Waals surface area contributed by atoms with Crippen molar-refractivity contribution < 1.29 is 4.74 Å². The third kappa shape index (κ3) is 1.49. The number of aromatic nitrogens is 2. The van der Waals surface area contributed by atoms with E-state index >= 15 is 0 Å². The van der Waals surface area contributed by atoms with E-state index in [4.69, 9.17) is 4.74 Å². The fourth-order valence-corrected chi connectivity index (χ4v) is 1.67. The maximum absolute atomic E-state index is 5.11. The molecule has 1 aromatic carbocycles. The molecule has 0 saturated heterocycles. The van der Waals surface area contributed by atoms with E-state index in [1.807, 2.05) is 12.1 Å². The van der Waals surface area contributed by atoms with Crippen LogP contribution >= 0.6 is 15.9 Å². The number of nitrogens with zero attached hydrogens (tertiary/aromatic N) is 2. The zero-order chi connectivity index (χ0) is 9.26. The van der Waals surface area contributed by atoms with Gasteiger partial charge >= 0.3 is 0 Å². The molecule has 0 saturated carbocycles. The SMILES string of the molecule is COc1cc(Br)c2cncnc2c1. The standard InChI is InChI=1S/C9H7BrN2O/c1-13-6-2-8(10)7-4-11-5-12-9(7)3-6/h2-5H,1H3. The maximum atomic E-state index is 5.11. The summed E-state index contributed by atoms with van der Waals surface area (Å²) in [7, 11) is 1.63. The van der Waals surface area contributed by atoms with Gasteiger partial charge in [-0.25, -0.2) is 9.97 Å². The van der Waals surface area contributed by atoms with Gasteiger partial charge in [-0.05, 0) is 22.0 Å². The lowest BCUT2D eigenvalue weighted by Gasteiger charge is -2.03. The highest BCUT2D eigenvalue weighted by Crippen LogP contribution is 2.27. The third-order valence-corrected chi connectivity index (χ3v) is 2.44. The normalized spacial score (nSPS) is 10.3. The first kappa shape index (κ1) is 8.44. The van der Waals surface area contributed by atoms with Crippen molar-refractivity contribution in [2.75, 3.05) is 7.11 Å². The van der Waals surface area contributed by atoms with Gasteiger partial charge in [0.1, 0.15) is 12.1 Å². The summed E-state index contributed by atoms with van der Waals surface area (Å²) in [5.41, 5.74) is 0.876. The van der Waals surface area contributed by atoms with Crippen molar-refractivity contribution in [3.63, 3.8) is 0 Å². The molecule has 2 aromatic rings. The monoisotopic (exact) mass is 238 g/mol. The van der Waals surface area contributed by atoms with Crippen LogP contribution in [0.1, 0.15) is 0 Å². The van der Waals surface area contributed by atoms with Gasteiger partial charge in [-0.3, -0.25) is 0 Å². The molecule has 0 fully saturated rings. The average molecular weight is 239 g/mol. The van der Waals surface area contributed by atoms with Crippen molar-refractivity contribution in [2.24, 2.45) is 0 Å². The highest BCUT2D eigenvalue weighted by molar-refractivity contribution is 9.10. The molecular formula is C9H7BrN2O. The molecule has 66 valence electrons. The first-order valence-electron chi connectivity index (χ1n) is 3.74. The lowest BCUT2D eigenvalue weighted by molar-refractivity contribution is 0.415. The third-order valence-electron chi connectivity index (χ3n) is 1.78. The lowest BCUT2D eigenvalue weighted by atomic mass is 10.2. The second-order valence-corrected chi connectivity index (χ2v) is 3.42. The minimum absolute atomic E-state index is 0.790. The van der Waals surface area contributed by atoms with Gasteiger partial charge in [0.15, 0.2) is 0 Å². The molecule has 0 aliphatic carbocycles. The molecule has 3 nitrogen and oxygen atoms in total. The number of hydrogen-bond acceptors (Lipinski definition) is 3. The Morgan fingerprint density at radius 3 is 3.00 bits per heavy atom. The molecular weight excluding hydrogens is 232 g/mol. The minimum atomic E-state index is 0.790. The molecule has 0 unspecified atom stereocenters. The van der Waals surface area contributed by atoms with E-state index in [1.54, 1.807) is 13.3 Å². The van der Waals surface area contributed by atoms with Crippen molar-refractivity contribution in [1.82, 2.24) is 9.97 Å². The second-order valence-electron chi connectivity index (χ2n) is 2.56. The Labute approximate surface area is 83.9 Å². The number of fused-ring (bicyclic) bond motifs is 1. The largest absolute Gasteiger partial charge is 0.497 e. The van der Waals surface area contributed by atoms with Gasteiger partial charge in [0.25, 0.3) is 0 Å². The number of hydrogen-bond donors (Lipinski definition) is 0. The van der Waals surface area contributed by atoms with Crippen molar-refractivity contribution in [3.8, 4) is 5.75 Å². The Bertz CT molecular complexity index is 445. The Kier molecular flexibility index (Phi) is 2.14. The predicted molar refractivity (Wildman–Crippen MR) is 53.8 cm³/mol. The Balaban J connectivity index is 2.77. The van der Waals surface area contributed by atoms with Crippen LogP contribution in [-0.4, -0.2) is 17.1 Å². The topological polar surface area (TPSA) is 35.0 Å². The van der Waals surface area contributed by atoms with E-state index in [-0.39, 0.29) is 0 Å². The minimum Gasteiger partial charge on any atom is -0.497 e. The van der Waals surface area contributed by atoms with Crippen molar-refractivity contribution in [2.45, 2.75) is 0 Å². The zero-order valence-electron chi connectivity index (χ0n) is 6.99. The van der Waals surface area contributed by atoms with Crippen LogP contribution in [0.15, 0.2) is 29.1 Å². The van der Waals surface area contributed by atoms with E-state index in [9.17, 15) is 0 Å². The summed E-state index contributed by atoms with van der Waals surface area (Å²) in [6.45, 7) is 0. The summed E-state index contributed by atoms with van der Waals surface area (Å²) < 4.78 is 6.06. The number of methoxy groups -OCH3 is 1.